The van der Waals surface area contributed by atoms with E-state index in [1.807, 2.05) is 0 Å². The first kappa shape index (κ1) is 29.8. The number of amides is 2. The van der Waals surface area contributed by atoms with Crippen LogP contribution >= 0.6 is 0 Å². The maximum atomic E-state index is 13.0. The topological polar surface area (TPSA) is 181 Å². The summed E-state index contributed by atoms with van der Waals surface area (Å²) in [5.74, 6) is -1.12. The average molecular weight is 589 g/mol. The first-order valence-corrected chi connectivity index (χ1v) is 12.3. The van der Waals surface area contributed by atoms with Crippen LogP contribution in [0, 0.1) is 10.1 Å². The zero-order chi connectivity index (χ0) is 30.9. The van der Waals surface area contributed by atoms with E-state index in [4.69, 9.17) is 23.4 Å². The predicted molar refractivity (Wildman–Crippen MR) is 152 cm³/mol. The van der Waals surface area contributed by atoms with Crippen molar-refractivity contribution in [1.29, 1.82) is 0 Å². The van der Waals surface area contributed by atoms with Gasteiger partial charge >= 0.3 is 5.97 Å². The van der Waals surface area contributed by atoms with Crippen LogP contribution in [0.3, 0.4) is 0 Å². The normalized spacial score (nSPS) is 10.6. The van der Waals surface area contributed by atoms with Crippen molar-refractivity contribution in [2.24, 2.45) is 5.10 Å². The number of rotatable bonds is 11. The lowest BCUT2D eigenvalue weighted by atomic mass is 10.1. The van der Waals surface area contributed by atoms with Gasteiger partial charge in [0.1, 0.15) is 5.75 Å². The third-order valence-electron chi connectivity index (χ3n) is 5.83. The van der Waals surface area contributed by atoms with Crippen molar-refractivity contribution >= 4 is 35.4 Å². The molecule has 0 aliphatic heterocycles. The fraction of sp³-hybridized carbons (Fsp3) is 0.103. The zero-order valence-corrected chi connectivity index (χ0v) is 23.0. The van der Waals surface area contributed by atoms with Gasteiger partial charge in [0.05, 0.1) is 44.3 Å². The summed E-state index contributed by atoms with van der Waals surface area (Å²) in [6, 6.07) is 15.3. The number of hydrazone groups is 1. The summed E-state index contributed by atoms with van der Waals surface area (Å²) in [5, 5.41) is 17.8. The van der Waals surface area contributed by atoms with E-state index in [0.29, 0.717) is 5.69 Å². The Morgan fingerprint density at radius 2 is 1.56 bits per heavy atom. The van der Waals surface area contributed by atoms with Gasteiger partial charge in [-0.25, -0.2) is 10.2 Å². The molecule has 0 spiro atoms. The number of nitrogens with one attached hydrogen (secondary N) is 2. The Morgan fingerprint density at radius 1 is 0.860 bits per heavy atom. The summed E-state index contributed by atoms with van der Waals surface area (Å²) < 4.78 is 26.3. The molecule has 3 aromatic carbocycles. The van der Waals surface area contributed by atoms with E-state index in [-0.39, 0.29) is 51.1 Å². The third kappa shape index (κ3) is 7.13. The van der Waals surface area contributed by atoms with E-state index < -0.39 is 22.7 Å². The number of benzene rings is 3. The summed E-state index contributed by atoms with van der Waals surface area (Å²) >= 11 is 0. The van der Waals surface area contributed by atoms with E-state index in [1.165, 1.54) is 76.1 Å². The Labute approximate surface area is 244 Å². The Bertz CT molecular complexity index is 1660. The van der Waals surface area contributed by atoms with Crippen LogP contribution in [0.1, 0.15) is 36.8 Å². The number of hydrogen-bond acceptors (Lipinski definition) is 11. The molecule has 0 saturated carbocycles. The fourth-order valence-corrected chi connectivity index (χ4v) is 3.73. The fourth-order valence-electron chi connectivity index (χ4n) is 3.73. The molecule has 4 aromatic rings. The van der Waals surface area contributed by atoms with Gasteiger partial charge in [-0.05, 0) is 54.6 Å². The van der Waals surface area contributed by atoms with E-state index >= 15 is 0 Å². The predicted octanol–water partition coefficient (Wildman–Crippen LogP) is 4.45. The molecule has 1 aromatic heterocycles. The minimum Gasteiger partial charge on any atom is -0.493 e. The van der Waals surface area contributed by atoms with Crippen molar-refractivity contribution < 1.29 is 42.7 Å². The van der Waals surface area contributed by atoms with E-state index in [2.05, 4.69) is 15.8 Å². The van der Waals surface area contributed by atoms with Crippen LogP contribution in [-0.4, -0.2) is 50.3 Å². The first-order valence-electron chi connectivity index (χ1n) is 12.3. The number of hydrogen-bond donors (Lipinski definition) is 2. The van der Waals surface area contributed by atoms with Crippen LogP contribution in [0.15, 0.2) is 82.5 Å². The molecule has 1 heterocycles. The number of ether oxygens (including phenoxy) is 4. The quantitative estimate of drug-likeness (QED) is 0.0835. The Hall–Kier alpha value is -6.18. The molecular formula is C29H24N4O10. The van der Waals surface area contributed by atoms with Crippen molar-refractivity contribution in [3.8, 4) is 23.0 Å². The first-order chi connectivity index (χ1) is 20.7. The average Bonchev–Trinajstić information content (AvgIpc) is 3.56. The molecule has 0 bridgehead atoms. The van der Waals surface area contributed by atoms with Crippen LogP contribution in [0.2, 0.25) is 0 Å². The number of furan rings is 1. The second-order valence-corrected chi connectivity index (χ2v) is 8.49. The van der Waals surface area contributed by atoms with Crippen LogP contribution in [0.5, 0.6) is 23.0 Å². The summed E-state index contributed by atoms with van der Waals surface area (Å²) in [6.45, 7) is 0. The van der Waals surface area contributed by atoms with Gasteiger partial charge in [0.2, 0.25) is 5.75 Å². The Morgan fingerprint density at radius 3 is 2.14 bits per heavy atom. The van der Waals surface area contributed by atoms with Gasteiger partial charge in [-0.2, -0.15) is 5.10 Å². The Balaban J connectivity index is 1.49. The van der Waals surface area contributed by atoms with Gasteiger partial charge in [0.25, 0.3) is 17.5 Å². The summed E-state index contributed by atoms with van der Waals surface area (Å²) in [4.78, 5) is 48.4. The zero-order valence-electron chi connectivity index (χ0n) is 23.0. The highest BCUT2D eigenvalue weighted by atomic mass is 16.6. The SMILES string of the molecule is COc1cc(C(=O)Oc2ccc([N+](=O)[O-])cc2/C=N/NC(=O)c2ccc(NC(=O)c3ccco3)cc2)cc(OC)c1OC. The second kappa shape index (κ2) is 13.5. The molecule has 0 radical (unpaired) electrons. The molecule has 14 nitrogen and oxygen atoms in total. The molecule has 43 heavy (non-hydrogen) atoms. The van der Waals surface area contributed by atoms with Crippen molar-refractivity contribution in [1.82, 2.24) is 5.43 Å². The van der Waals surface area contributed by atoms with Crippen LogP contribution in [-0.2, 0) is 0 Å². The number of carbonyl (C=O) groups is 3. The van der Waals surface area contributed by atoms with E-state index in [1.54, 1.807) is 6.07 Å². The van der Waals surface area contributed by atoms with Crippen LogP contribution in [0.4, 0.5) is 11.4 Å². The number of esters is 1. The van der Waals surface area contributed by atoms with Gasteiger partial charge in [-0.3, -0.25) is 19.7 Å². The molecule has 0 unspecified atom stereocenters. The number of nitro groups is 1. The minimum atomic E-state index is -0.828. The third-order valence-corrected chi connectivity index (χ3v) is 5.83. The molecule has 0 saturated heterocycles. The van der Waals surface area contributed by atoms with Crippen molar-refractivity contribution in [3.63, 3.8) is 0 Å². The largest absolute Gasteiger partial charge is 0.493 e. The summed E-state index contributed by atoms with van der Waals surface area (Å²) in [6.07, 6.45) is 2.47. The van der Waals surface area contributed by atoms with Crippen molar-refractivity contribution in [3.05, 3.63) is 106 Å². The number of anilines is 1. The lowest BCUT2D eigenvalue weighted by Crippen LogP contribution is -2.18. The molecule has 0 aliphatic rings. The van der Waals surface area contributed by atoms with Crippen molar-refractivity contribution in [2.45, 2.75) is 0 Å². The molecule has 0 atom stereocenters. The molecule has 2 N–H and O–H groups in total. The highest BCUT2D eigenvalue weighted by Crippen LogP contribution is 2.38. The molecule has 0 fully saturated rings. The van der Waals surface area contributed by atoms with Gasteiger partial charge in [0, 0.05) is 28.9 Å². The molecule has 4 rings (SSSR count). The number of non-ortho nitro benzene ring substituents is 1. The smallest absolute Gasteiger partial charge is 0.343 e. The van der Waals surface area contributed by atoms with Crippen LogP contribution in [0.25, 0.3) is 0 Å². The maximum Gasteiger partial charge on any atom is 0.343 e. The van der Waals surface area contributed by atoms with E-state index in [0.717, 1.165) is 18.3 Å². The van der Waals surface area contributed by atoms with Crippen LogP contribution < -0.4 is 29.7 Å². The van der Waals surface area contributed by atoms with Gasteiger partial charge in [-0.15, -0.1) is 0 Å². The summed E-state index contributed by atoms with van der Waals surface area (Å²) in [7, 11) is 4.19. The number of carbonyl (C=O) groups excluding carboxylic acids is 3. The molecule has 0 aliphatic carbocycles. The lowest BCUT2D eigenvalue weighted by Gasteiger charge is -2.14. The lowest BCUT2D eigenvalue weighted by molar-refractivity contribution is -0.384. The maximum absolute atomic E-state index is 13.0. The number of nitro benzene ring substituents is 1. The Kier molecular flexibility index (Phi) is 9.32. The molecule has 220 valence electrons. The highest BCUT2D eigenvalue weighted by molar-refractivity contribution is 6.02. The second-order valence-electron chi connectivity index (χ2n) is 8.49. The monoisotopic (exact) mass is 588 g/mol. The summed E-state index contributed by atoms with van der Waals surface area (Å²) in [5.41, 5.74) is 2.73. The van der Waals surface area contributed by atoms with Gasteiger partial charge in [0.15, 0.2) is 17.3 Å². The molecule has 14 heteroatoms. The number of methoxy groups -OCH3 is 3. The molecule has 2 amide bonds. The number of nitrogens with zero attached hydrogens (tertiary/aromatic N) is 2. The standard InChI is InChI=1S/C29H24N4O10/c1-39-24-14-18(15-25(40-2)26(24)41-3)29(36)43-22-11-10-21(33(37)38)13-19(22)16-30-32-27(34)17-6-8-20(9-7-17)31-28(35)23-5-4-12-42-23/h4-16H,1-3H3,(H,31,35)(H,32,34)/b30-16+. The van der Waals surface area contributed by atoms with Gasteiger partial charge < -0.3 is 28.7 Å². The highest BCUT2D eigenvalue weighted by Gasteiger charge is 2.20. The van der Waals surface area contributed by atoms with Gasteiger partial charge in [-0.1, -0.05) is 0 Å². The minimum absolute atomic E-state index is 0.0336. The van der Waals surface area contributed by atoms with Crippen molar-refractivity contribution in [2.75, 3.05) is 26.6 Å². The molecular weight excluding hydrogens is 564 g/mol. The van der Waals surface area contributed by atoms with E-state index in [9.17, 15) is 24.5 Å².